The molecule has 12 aromatic carbocycles. The van der Waals surface area contributed by atoms with E-state index < -0.39 is 0 Å². The summed E-state index contributed by atoms with van der Waals surface area (Å²) >= 11 is 0. The summed E-state index contributed by atoms with van der Waals surface area (Å²) in [6.45, 7) is 0. The van der Waals surface area contributed by atoms with Gasteiger partial charge < -0.3 is 8.98 Å². The van der Waals surface area contributed by atoms with Crippen molar-refractivity contribution < 1.29 is 4.42 Å². The smallest absolute Gasteiger partial charge is 0.135 e. The van der Waals surface area contributed by atoms with Gasteiger partial charge in [-0.15, -0.1) is 0 Å². The topological polar surface area (TPSA) is 18.1 Å². The van der Waals surface area contributed by atoms with Crippen LogP contribution in [0.2, 0.25) is 0 Å². The van der Waals surface area contributed by atoms with Crippen molar-refractivity contribution in [2.24, 2.45) is 0 Å². The average molecular weight is 942 g/mol. The molecule has 74 heavy (non-hydrogen) atoms. The van der Waals surface area contributed by atoms with E-state index >= 15 is 0 Å². The van der Waals surface area contributed by atoms with Gasteiger partial charge in [0.15, 0.2) is 0 Å². The van der Waals surface area contributed by atoms with Gasteiger partial charge in [-0.25, -0.2) is 0 Å². The van der Waals surface area contributed by atoms with Crippen molar-refractivity contribution in [1.82, 2.24) is 4.57 Å². The maximum atomic E-state index is 6.51. The second kappa shape index (κ2) is 18.1. The van der Waals surface area contributed by atoms with Gasteiger partial charge in [0.05, 0.1) is 11.0 Å². The molecule has 0 amide bonds. The fourth-order valence-electron chi connectivity index (χ4n) is 11.3. The Labute approximate surface area is 430 Å². The van der Waals surface area contributed by atoms with E-state index in [2.05, 4.69) is 290 Å². The highest BCUT2D eigenvalue weighted by Gasteiger charge is 2.19. The highest BCUT2D eigenvalue weighted by Crippen LogP contribution is 2.45. The third kappa shape index (κ3) is 7.60. The molecule has 2 heteroatoms. The van der Waals surface area contributed by atoms with Crippen molar-refractivity contribution >= 4 is 43.7 Å². The number of rotatable bonds is 9. The van der Waals surface area contributed by atoms with Gasteiger partial charge in [-0.1, -0.05) is 218 Å². The minimum Gasteiger partial charge on any atom is -0.456 e. The third-order valence-corrected chi connectivity index (χ3v) is 14.8. The number of hydrogen-bond acceptors (Lipinski definition) is 1. The lowest BCUT2D eigenvalue weighted by Gasteiger charge is -2.19. The van der Waals surface area contributed by atoms with Crippen LogP contribution in [0, 0.1) is 0 Å². The Morgan fingerprint density at radius 2 is 0.649 bits per heavy atom. The largest absolute Gasteiger partial charge is 0.456 e. The Hall–Kier alpha value is -9.76. The second-order valence-corrected chi connectivity index (χ2v) is 19.2. The normalized spacial score (nSPS) is 11.5. The fourth-order valence-corrected chi connectivity index (χ4v) is 11.3. The number of para-hydroxylation sites is 1. The van der Waals surface area contributed by atoms with E-state index in [-0.39, 0.29) is 0 Å². The number of nitrogens with zero attached hydrogens (tertiary/aromatic N) is 1. The van der Waals surface area contributed by atoms with E-state index in [1.165, 1.54) is 94.1 Å². The summed E-state index contributed by atoms with van der Waals surface area (Å²) in [5.41, 5.74) is 24.2. The number of furan rings is 1. The van der Waals surface area contributed by atoms with Crippen molar-refractivity contribution in [3.8, 4) is 94.7 Å². The van der Waals surface area contributed by atoms with Gasteiger partial charge >= 0.3 is 0 Å². The summed E-state index contributed by atoms with van der Waals surface area (Å²) in [5, 5.41) is 4.66. The van der Waals surface area contributed by atoms with E-state index in [1.54, 1.807) is 0 Å². The van der Waals surface area contributed by atoms with Gasteiger partial charge in [-0.3, -0.25) is 0 Å². The molecule has 0 atom stereocenters. The van der Waals surface area contributed by atoms with Crippen molar-refractivity contribution in [1.29, 1.82) is 0 Å². The maximum Gasteiger partial charge on any atom is 0.135 e. The molecule has 0 unspecified atom stereocenters. The second-order valence-electron chi connectivity index (χ2n) is 19.2. The average Bonchev–Trinajstić information content (AvgIpc) is 4.03. The molecule has 2 aromatic heterocycles. The molecule has 0 bridgehead atoms. The van der Waals surface area contributed by atoms with Crippen LogP contribution in [0.5, 0.6) is 0 Å². The Morgan fingerprint density at radius 1 is 0.216 bits per heavy atom. The number of benzene rings is 12. The lowest BCUT2D eigenvalue weighted by molar-refractivity contribution is 0.669. The SMILES string of the molecule is c1ccc(-c2ccc3c(c2)c2ccccc2n3-c2ccc3oc4ccc(-c5cccc(-c6cccc(-c7cccc(-c8cccc(-c9ccccc9-c9ccccc9)c8-c8ccccc8)c7)c6)c5)cc4c3c2)cc1. The van der Waals surface area contributed by atoms with Gasteiger partial charge in [0.1, 0.15) is 11.2 Å². The van der Waals surface area contributed by atoms with E-state index in [9.17, 15) is 0 Å². The summed E-state index contributed by atoms with van der Waals surface area (Å²) in [5.74, 6) is 0. The molecule has 0 saturated carbocycles. The number of aromatic nitrogens is 1. The Balaban J connectivity index is 0.809. The summed E-state index contributed by atoms with van der Waals surface area (Å²) in [4.78, 5) is 0. The summed E-state index contributed by atoms with van der Waals surface area (Å²) in [6, 6.07) is 103. The summed E-state index contributed by atoms with van der Waals surface area (Å²) < 4.78 is 8.90. The van der Waals surface area contributed by atoms with Crippen LogP contribution >= 0.6 is 0 Å². The van der Waals surface area contributed by atoms with Crippen LogP contribution in [0.25, 0.3) is 138 Å². The minimum atomic E-state index is 0.875. The molecule has 2 heterocycles. The molecular formula is C72H47NO. The Kier molecular flexibility index (Phi) is 10.6. The van der Waals surface area contributed by atoms with Gasteiger partial charge in [-0.05, 0) is 156 Å². The molecule has 0 N–H and O–H groups in total. The summed E-state index contributed by atoms with van der Waals surface area (Å²) in [6.07, 6.45) is 0. The molecule has 0 spiro atoms. The van der Waals surface area contributed by atoms with Crippen LogP contribution in [0.3, 0.4) is 0 Å². The molecule has 0 aliphatic heterocycles. The number of hydrogen-bond donors (Lipinski definition) is 0. The van der Waals surface area contributed by atoms with Crippen molar-refractivity contribution in [3.63, 3.8) is 0 Å². The molecule has 0 fully saturated rings. The quantitative estimate of drug-likeness (QED) is 0.141. The van der Waals surface area contributed by atoms with Crippen molar-refractivity contribution in [3.05, 3.63) is 285 Å². The van der Waals surface area contributed by atoms with Crippen LogP contribution in [0.1, 0.15) is 0 Å². The molecule has 0 radical (unpaired) electrons. The van der Waals surface area contributed by atoms with Crippen LogP contribution < -0.4 is 0 Å². The number of fused-ring (bicyclic) bond motifs is 6. The van der Waals surface area contributed by atoms with Crippen molar-refractivity contribution in [2.45, 2.75) is 0 Å². The molecule has 14 aromatic rings. The highest BCUT2D eigenvalue weighted by atomic mass is 16.3. The van der Waals surface area contributed by atoms with Gasteiger partial charge in [0, 0.05) is 27.2 Å². The third-order valence-electron chi connectivity index (χ3n) is 14.8. The zero-order valence-corrected chi connectivity index (χ0v) is 40.5. The lowest BCUT2D eigenvalue weighted by Crippen LogP contribution is -1.93. The first-order chi connectivity index (χ1) is 36.7. The molecule has 346 valence electrons. The van der Waals surface area contributed by atoms with Crippen LogP contribution in [0.15, 0.2) is 290 Å². The first-order valence-electron chi connectivity index (χ1n) is 25.4. The fraction of sp³-hybridized carbons (Fsp3) is 0. The molecule has 0 aliphatic rings. The molecule has 2 nitrogen and oxygen atoms in total. The molecular weight excluding hydrogens is 895 g/mol. The lowest BCUT2D eigenvalue weighted by atomic mass is 9.84. The Morgan fingerprint density at radius 3 is 1.34 bits per heavy atom. The molecule has 0 aliphatic carbocycles. The Bertz CT molecular complexity index is 4410. The highest BCUT2D eigenvalue weighted by molar-refractivity contribution is 6.12. The monoisotopic (exact) mass is 941 g/mol. The predicted octanol–water partition coefficient (Wildman–Crippen LogP) is 20.0. The first-order valence-corrected chi connectivity index (χ1v) is 25.4. The van der Waals surface area contributed by atoms with Gasteiger partial charge in [-0.2, -0.15) is 0 Å². The van der Waals surface area contributed by atoms with E-state index in [4.69, 9.17) is 4.42 Å². The van der Waals surface area contributed by atoms with E-state index in [1.807, 2.05) is 0 Å². The zero-order valence-electron chi connectivity index (χ0n) is 40.5. The molecule has 14 rings (SSSR count). The predicted molar refractivity (Wildman–Crippen MR) is 312 cm³/mol. The van der Waals surface area contributed by atoms with Crippen LogP contribution in [-0.4, -0.2) is 4.57 Å². The van der Waals surface area contributed by atoms with Crippen LogP contribution in [0.4, 0.5) is 0 Å². The zero-order chi connectivity index (χ0) is 49.0. The van der Waals surface area contributed by atoms with Crippen LogP contribution in [-0.2, 0) is 0 Å². The standard InChI is InChI=1S/C72H47NO/c1-4-18-48(19-5-1)56-36-39-69-65(45-56)63-32-12-13-35-68(63)73(69)59-38-41-71-67(47-59)66-46-57(37-40-70(66)74-71)54-27-15-25-52(43-54)51-24-14-26-53(42-51)55-28-16-29-58(44-55)61-33-17-34-64(72(61)50-22-8-3-9-23-50)62-31-11-10-30-60(62)49-20-6-2-7-21-49/h1-47H. The molecule has 0 saturated heterocycles. The minimum absolute atomic E-state index is 0.875. The van der Waals surface area contributed by atoms with Crippen molar-refractivity contribution in [2.75, 3.05) is 0 Å². The van der Waals surface area contributed by atoms with Gasteiger partial charge in [0.2, 0.25) is 0 Å². The maximum absolute atomic E-state index is 6.51. The van der Waals surface area contributed by atoms with E-state index in [0.717, 1.165) is 44.3 Å². The van der Waals surface area contributed by atoms with Gasteiger partial charge in [0.25, 0.3) is 0 Å². The van der Waals surface area contributed by atoms with E-state index in [0.29, 0.717) is 0 Å². The summed E-state index contributed by atoms with van der Waals surface area (Å²) in [7, 11) is 0. The first kappa shape index (κ1) is 43.1.